The molecule has 0 aromatic heterocycles. The quantitative estimate of drug-likeness (QED) is 0.299. The van der Waals surface area contributed by atoms with E-state index in [4.69, 9.17) is 18.9 Å². The Morgan fingerprint density at radius 1 is 0.560 bits per heavy atom. The summed E-state index contributed by atoms with van der Waals surface area (Å²) >= 11 is 0. The lowest BCUT2D eigenvalue weighted by Gasteiger charge is -2.44. The van der Waals surface area contributed by atoms with Crippen LogP contribution in [0.5, 0.6) is 0 Å². The molecule has 25 heavy (non-hydrogen) atoms. The Labute approximate surface area is 156 Å². The van der Waals surface area contributed by atoms with Crippen LogP contribution in [-0.2, 0) is 18.9 Å². The fourth-order valence-corrected chi connectivity index (χ4v) is 8.43. The van der Waals surface area contributed by atoms with Crippen LogP contribution in [0.1, 0.15) is 106 Å². The molecule has 4 nitrogen and oxygen atoms in total. The molecular formula is C20H40O4Si. The molecule has 0 heterocycles. The third kappa shape index (κ3) is 6.62. The minimum Gasteiger partial charge on any atom is -0.247 e. The van der Waals surface area contributed by atoms with E-state index in [-0.39, 0.29) is 11.2 Å². The summed E-state index contributed by atoms with van der Waals surface area (Å²) in [6.07, 6.45) is 12.5. The van der Waals surface area contributed by atoms with Crippen LogP contribution >= 0.6 is 0 Å². The van der Waals surface area contributed by atoms with Gasteiger partial charge in [0.05, 0.1) is 11.2 Å². The number of hydrogen-bond donors (Lipinski definition) is 0. The highest BCUT2D eigenvalue weighted by atomic mass is 28.4. The monoisotopic (exact) mass is 372 g/mol. The summed E-state index contributed by atoms with van der Waals surface area (Å²) in [4.78, 5) is 11.8. The molecule has 0 aromatic rings. The van der Waals surface area contributed by atoms with E-state index in [1.807, 2.05) is 41.5 Å². The summed E-state index contributed by atoms with van der Waals surface area (Å²) in [5.41, 5.74) is 0.252. The SMILES string of the molecule is CC(C)(C)OO[Si](OOC(C)(C)C)(C1CCCCC1)C1CCCCC1. The van der Waals surface area contributed by atoms with Crippen molar-refractivity contribution in [1.82, 2.24) is 0 Å². The summed E-state index contributed by atoms with van der Waals surface area (Å²) in [5, 5.41) is 0. The first-order valence-electron chi connectivity index (χ1n) is 10.4. The maximum absolute atomic E-state index is 6.36. The first-order chi connectivity index (χ1) is 11.6. The average Bonchev–Trinajstić information content (AvgIpc) is 2.55. The Morgan fingerprint density at radius 2 is 0.880 bits per heavy atom. The van der Waals surface area contributed by atoms with Crippen LogP contribution in [0.2, 0.25) is 11.1 Å². The standard InChI is InChI=1S/C20H40O4Si/c1-19(2,3)21-23-25(24-22-20(4,5)6,17-13-9-7-10-14-17)18-15-11-8-12-16-18/h17-18H,7-16H2,1-6H3. The van der Waals surface area contributed by atoms with Gasteiger partial charge >= 0.3 is 8.56 Å². The van der Waals surface area contributed by atoms with Crippen LogP contribution in [-0.4, -0.2) is 19.8 Å². The van der Waals surface area contributed by atoms with Crippen molar-refractivity contribution in [2.45, 2.75) is 128 Å². The van der Waals surface area contributed by atoms with Gasteiger partial charge in [-0.05, 0) is 67.2 Å². The maximum Gasteiger partial charge on any atom is 0.415 e. The molecule has 0 amide bonds. The lowest BCUT2D eigenvalue weighted by molar-refractivity contribution is -0.353. The van der Waals surface area contributed by atoms with E-state index in [2.05, 4.69) is 0 Å². The lowest BCUT2D eigenvalue weighted by Crippen LogP contribution is -2.54. The van der Waals surface area contributed by atoms with Gasteiger partial charge < -0.3 is 0 Å². The topological polar surface area (TPSA) is 36.9 Å². The fourth-order valence-electron chi connectivity index (χ4n) is 4.01. The lowest BCUT2D eigenvalue weighted by atomic mass is 9.99. The average molecular weight is 373 g/mol. The van der Waals surface area contributed by atoms with Crippen LogP contribution in [0.3, 0.4) is 0 Å². The molecule has 0 spiro atoms. The van der Waals surface area contributed by atoms with Gasteiger partial charge in [0.2, 0.25) is 0 Å². The predicted octanol–water partition coefficient (Wildman–Crippen LogP) is 6.59. The minimum absolute atomic E-state index is 0.341. The maximum atomic E-state index is 6.36. The van der Waals surface area contributed by atoms with Crippen LogP contribution in [0.25, 0.3) is 0 Å². The van der Waals surface area contributed by atoms with Crippen molar-refractivity contribution in [3.05, 3.63) is 0 Å². The smallest absolute Gasteiger partial charge is 0.247 e. The summed E-state index contributed by atoms with van der Waals surface area (Å²) in [6.45, 7) is 12.2. The molecule has 148 valence electrons. The predicted molar refractivity (Wildman–Crippen MR) is 103 cm³/mol. The third-order valence-corrected chi connectivity index (χ3v) is 9.31. The highest BCUT2D eigenvalue weighted by molar-refractivity contribution is 6.70. The zero-order valence-corrected chi connectivity index (χ0v) is 18.4. The van der Waals surface area contributed by atoms with Crippen molar-refractivity contribution < 1.29 is 18.9 Å². The molecule has 2 rings (SSSR count). The second-order valence-electron chi connectivity index (χ2n) is 9.95. The van der Waals surface area contributed by atoms with Gasteiger partial charge in [-0.15, -0.1) is 0 Å². The van der Waals surface area contributed by atoms with E-state index >= 15 is 0 Å². The summed E-state index contributed by atoms with van der Waals surface area (Å²) < 4.78 is 12.7. The Balaban J connectivity index is 2.27. The van der Waals surface area contributed by atoms with Gasteiger partial charge in [-0.25, -0.2) is 18.9 Å². The van der Waals surface area contributed by atoms with E-state index in [0.29, 0.717) is 11.1 Å². The molecule has 0 N–H and O–H groups in total. The highest BCUT2D eigenvalue weighted by Crippen LogP contribution is 2.50. The van der Waals surface area contributed by atoms with E-state index in [1.54, 1.807) is 0 Å². The molecule has 2 saturated carbocycles. The van der Waals surface area contributed by atoms with E-state index < -0.39 is 8.56 Å². The van der Waals surface area contributed by atoms with Crippen LogP contribution in [0.4, 0.5) is 0 Å². The Bertz CT molecular complexity index is 349. The molecule has 2 fully saturated rings. The van der Waals surface area contributed by atoms with Crippen LogP contribution in [0, 0.1) is 0 Å². The molecular weight excluding hydrogens is 332 g/mol. The van der Waals surface area contributed by atoms with Crippen molar-refractivity contribution >= 4 is 8.56 Å². The Kier molecular flexibility index (Phi) is 7.54. The first kappa shape index (κ1) is 21.4. The molecule has 0 aliphatic heterocycles. The number of rotatable bonds is 6. The molecule has 0 atom stereocenters. The van der Waals surface area contributed by atoms with Crippen LogP contribution in [0.15, 0.2) is 0 Å². The van der Waals surface area contributed by atoms with Gasteiger partial charge in [-0.1, -0.05) is 38.5 Å². The minimum atomic E-state index is -2.66. The van der Waals surface area contributed by atoms with Gasteiger partial charge in [-0.2, -0.15) is 0 Å². The van der Waals surface area contributed by atoms with Crippen molar-refractivity contribution in [2.75, 3.05) is 0 Å². The Hall–Kier alpha value is 0.0569. The van der Waals surface area contributed by atoms with Crippen molar-refractivity contribution in [2.24, 2.45) is 0 Å². The second-order valence-corrected chi connectivity index (χ2v) is 13.4. The van der Waals surface area contributed by atoms with Crippen molar-refractivity contribution in [1.29, 1.82) is 0 Å². The zero-order valence-electron chi connectivity index (χ0n) is 17.4. The molecule has 0 radical (unpaired) electrons. The molecule has 0 unspecified atom stereocenters. The molecule has 5 heteroatoms. The highest BCUT2D eigenvalue weighted by Gasteiger charge is 2.56. The van der Waals surface area contributed by atoms with Gasteiger partial charge in [0.1, 0.15) is 0 Å². The Morgan fingerprint density at radius 3 is 1.16 bits per heavy atom. The largest absolute Gasteiger partial charge is 0.415 e. The summed E-state index contributed by atoms with van der Waals surface area (Å²) in [7, 11) is -2.66. The van der Waals surface area contributed by atoms with Gasteiger partial charge in [-0.3, -0.25) is 0 Å². The molecule has 0 saturated heterocycles. The van der Waals surface area contributed by atoms with E-state index in [1.165, 1.54) is 64.2 Å². The fraction of sp³-hybridized carbons (Fsp3) is 1.00. The zero-order chi connectivity index (χ0) is 18.6. The van der Waals surface area contributed by atoms with Gasteiger partial charge in [0.15, 0.2) is 0 Å². The van der Waals surface area contributed by atoms with Crippen molar-refractivity contribution in [3.63, 3.8) is 0 Å². The first-order valence-corrected chi connectivity index (χ1v) is 12.3. The summed E-state index contributed by atoms with van der Waals surface area (Å²) in [5.74, 6) is 0. The van der Waals surface area contributed by atoms with Crippen molar-refractivity contribution in [3.8, 4) is 0 Å². The molecule has 0 bridgehead atoms. The van der Waals surface area contributed by atoms with E-state index in [0.717, 1.165) is 0 Å². The number of hydrogen-bond acceptors (Lipinski definition) is 4. The normalized spacial score (nSPS) is 22.3. The molecule has 2 aliphatic rings. The van der Waals surface area contributed by atoms with E-state index in [9.17, 15) is 0 Å². The molecule has 0 aromatic carbocycles. The van der Waals surface area contributed by atoms with Gasteiger partial charge in [0, 0.05) is 11.1 Å². The van der Waals surface area contributed by atoms with Gasteiger partial charge in [0.25, 0.3) is 0 Å². The molecule has 2 aliphatic carbocycles. The second kappa shape index (κ2) is 8.83. The summed E-state index contributed by atoms with van der Waals surface area (Å²) in [6, 6.07) is 0. The van der Waals surface area contributed by atoms with Crippen LogP contribution < -0.4 is 0 Å². The third-order valence-electron chi connectivity index (χ3n) is 5.19.